The van der Waals surface area contributed by atoms with Crippen LogP contribution in [-0.4, -0.2) is 30.5 Å². The Kier molecular flexibility index (Phi) is 3.98. The molecule has 0 spiro atoms. The highest BCUT2D eigenvalue weighted by atomic mass is 32.1. The summed E-state index contributed by atoms with van der Waals surface area (Å²) in [5, 5.41) is 6.30. The van der Waals surface area contributed by atoms with Crippen molar-refractivity contribution in [2.45, 2.75) is 0 Å². The Bertz CT molecular complexity index is 813. The molecule has 0 fully saturated rings. The fourth-order valence-corrected chi connectivity index (χ4v) is 2.93. The molecule has 0 unspecified atom stereocenters. The van der Waals surface area contributed by atoms with Gasteiger partial charge < -0.3 is 21.1 Å². The van der Waals surface area contributed by atoms with E-state index in [0.717, 1.165) is 22.6 Å². The number of rotatable bonds is 4. The van der Waals surface area contributed by atoms with Gasteiger partial charge in [-0.05, 0) is 12.1 Å². The van der Waals surface area contributed by atoms with Gasteiger partial charge in [-0.25, -0.2) is 4.98 Å². The van der Waals surface area contributed by atoms with Gasteiger partial charge in [0.05, 0.1) is 5.57 Å². The van der Waals surface area contributed by atoms with E-state index in [1.54, 1.807) is 13.1 Å². The number of para-hydroxylation sites is 1. The predicted molar refractivity (Wildman–Crippen MR) is 88.7 cm³/mol. The zero-order chi connectivity index (χ0) is 16.4. The van der Waals surface area contributed by atoms with Crippen LogP contribution in [0.15, 0.2) is 29.8 Å². The number of hydrogen-bond acceptors (Lipinski definition) is 6. The number of fused-ring (bicyclic) bond motifs is 1. The zero-order valence-corrected chi connectivity index (χ0v) is 13.1. The van der Waals surface area contributed by atoms with Crippen LogP contribution in [0.25, 0.3) is 6.08 Å². The van der Waals surface area contributed by atoms with Gasteiger partial charge in [0.2, 0.25) is 0 Å². The number of hydrogen-bond donors (Lipinski definition) is 3. The molecular formula is C15H14N4O3S. The molecule has 3 rings (SSSR count). The van der Waals surface area contributed by atoms with E-state index in [4.69, 9.17) is 10.5 Å². The molecule has 1 aromatic carbocycles. The molecule has 4 N–H and O–H groups in total. The summed E-state index contributed by atoms with van der Waals surface area (Å²) in [6.07, 6.45) is 1.76. The highest BCUT2D eigenvalue weighted by Gasteiger charge is 2.21. The molecule has 1 aromatic heterocycles. The Labute approximate surface area is 136 Å². The Morgan fingerprint density at radius 3 is 2.87 bits per heavy atom. The molecule has 0 saturated carbocycles. The molecule has 2 heterocycles. The summed E-state index contributed by atoms with van der Waals surface area (Å²) >= 11 is 1.14. The van der Waals surface area contributed by atoms with E-state index in [1.165, 1.54) is 0 Å². The van der Waals surface area contributed by atoms with Crippen molar-refractivity contribution in [3.8, 4) is 5.75 Å². The van der Waals surface area contributed by atoms with Crippen LogP contribution in [0.2, 0.25) is 0 Å². The second-order valence-electron chi connectivity index (χ2n) is 4.76. The van der Waals surface area contributed by atoms with Crippen LogP contribution in [0.5, 0.6) is 5.75 Å². The Morgan fingerprint density at radius 2 is 2.13 bits per heavy atom. The van der Waals surface area contributed by atoms with Crippen LogP contribution in [0, 0.1) is 0 Å². The van der Waals surface area contributed by atoms with Gasteiger partial charge in [-0.15, -0.1) is 0 Å². The second-order valence-corrected chi connectivity index (χ2v) is 5.76. The lowest BCUT2D eigenvalue weighted by Gasteiger charge is -2.17. The molecule has 2 aromatic rings. The van der Waals surface area contributed by atoms with Crippen LogP contribution < -0.4 is 21.1 Å². The van der Waals surface area contributed by atoms with E-state index in [1.807, 2.05) is 24.3 Å². The van der Waals surface area contributed by atoms with Crippen molar-refractivity contribution in [3.63, 3.8) is 0 Å². The van der Waals surface area contributed by atoms with Gasteiger partial charge in [-0.1, -0.05) is 29.5 Å². The number of benzene rings is 1. The number of amides is 2. The third-order valence-corrected chi connectivity index (χ3v) is 4.21. The molecule has 0 atom stereocenters. The molecule has 0 bridgehead atoms. The van der Waals surface area contributed by atoms with Gasteiger partial charge in [-0.3, -0.25) is 9.59 Å². The molecule has 0 aliphatic carbocycles. The monoisotopic (exact) mass is 330 g/mol. The highest BCUT2D eigenvalue weighted by Crippen LogP contribution is 2.30. The van der Waals surface area contributed by atoms with Crippen LogP contribution >= 0.6 is 11.3 Å². The molecule has 1 aliphatic heterocycles. The fourth-order valence-electron chi connectivity index (χ4n) is 2.11. The minimum Gasteiger partial charge on any atom is -0.488 e. The number of nitrogens with zero attached hydrogens (tertiary/aromatic N) is 1. The minimum atomic E-state index is -0.697. The topological polar surface area (TPSA) is 106 Å². The standard InChI is InChI=1S/C15H14N4O3S/c1-17-15-18-11(12(16)20)14(23-15)19-13(21)9-6-8-4-2-3-5-10(8)22-7-9/h2-6H,7H2,1H3,(H2,16,20)(H,17,18)(H,19,21). The third-order valence-electron chi connectivity index (χ3n) is 3.23. The van der Waals surface area contributed by atoms with Gasteiger partial charge >= 0.3 is 0 Å². The molecule has 23 heavy (non-hydrogen) atoms. The summed E-state index contributed by atoms with van der Waals surface area (Å²) in [4.78, 5) is 27.8. The Hall–Kier alpha value is -2.87. The van der Waals surface area contributed by atoms with E-state index < -0.39 is 5.91 Å². The lowest BCUT2D eigenvalue weighted by atomic mass is 10.1. The maximum atomic E-state index is 12.4. The van der Waals surface area contributed by atoms with Crippen LogP contribution in [0.1, 0.15) is 16.1 Å². The second kappa shape index (κ2) is 6.09. The molecule has 0 radical (unpaired) electrons. The zero-order valence-electron chi connectivity index (χ0n) is 12.3. The summed E-state index contributed by atoms with van der Waals surface area (Å²) in [7, 11) is 1.67. The van der Waals surface area contributed by atoms with Crippen LogP contribution in [-0.2, 0) is 4.79 Å². The van der Waals surface area contributed by atoms with Crippen molar-refractivity contribution in [1.82, 2.24) is 4.98 Å². The normalized spacial score (nSPS) is 12.7. The molecule has 1 aliphatic rings. The molecule has 0 saturated heterocycles. The first kappa shape index (κ1) is 15.0. The highest BCUT2D eigenvalue weighted by molar-refractivity contribution is 7.20. The van der Waals surface area contributed by atoms with E-state index >= 15 is 0 Å². The maximum absolute atomic E-state index is 12.4. The van der Waals surface area contributed by atoms with Gasteiger partial charge in [0.15, 0.2) is 10.8 Å². The number of primary amides is 1. The Morgan fingerprint density at radius 1 is 1.35 bits per heavy atom. The molecule has 8 heteroatoms. The Balaban J connectivity index is 1.84. The first-order valence-electron chi connectivity index (χ1n) is 6.80. The van der Waals surface area contributed by atoms with Gasteiger partial charge in [0.1, 0.15) is 17.4 Å². The summed E-state index contributed by atoms with van der Waals surface area (Å²) in [5.74, 6) is -0.317. The number of anilines is 2. The number of thiazole rings is 1. The summed E-state index contributed by atoms with van der Waals surface area (Å²) in [5.41, 5.74) is 6.61. The quantitative estimate of drug-likeness (QED) is 0.791. The smallest absolute Gasteiger partial charge is 0.270 e. The number of carbonyl (C=O) groups excluding carboxylic acids is 2. The summed E-state index contributed by atoms with van der Waals surface area (Å²) in [6, 6.07) is 7.44. The average molecular weight is 330 g/mol. The molecule has 118 valence electrons. The minimum absolute atomic E-state index is 0.0328. The first-order valence-corrected chi connectivity index (χ1v) is 7.62. The lowest BCUT2D eigenvalue weighted by Crippen LogP contribution is -2.22. The lowest BCUT2D eigenvalue weighted by molar-refractivity contribution is -0.113. The van der Waals surface area contributed by atoms with Crippen molar-refractivity contribution in [2.24, 2.45) is 5.73 Å². The summed E-state index contributed by atoms with van der Waals surface area (Å²) in [6.45, 7) is 0.159. The van der Waals surface area contributed by atoms with E-state index in [2.05, 4.69) is 15.6 Å². The SMILES string of the molecule is CNc1nc(C(N)=O)c(NC(=O)C2=Cc3ccccc3OC2)s1. The van der Waals surface area contributed by atoms with Crippen molar-refractivity contribution in [2.75, 3.05) is 24.3 Å². The fraction of sp³-hybridized carbons (Fsp3) is 0.133. The molecule has 7 nitrogen and oxygen atoms in total. The van der Waals surface area contributed by atoms with E-state index in [-0.39, 0.29) is 18.2 Å². The predicted octanol–water partition coefficient (Wildman–Crippen LogP) is 1.70. The summed E-state index contributed by atoms with van der Waals surface area (Å²) < 4.78 is 5.55. The average Bonchev–Trinajstić information content (AvgIpc) is 2.97. The number of nitrogens with one attached hydrogen (secondary N) is 2. The number of ether oxygens (including phenoxy) is 1. The van der Waals surface area contributed by atoms with E-state index in [0.29, 0.717) is 15.7 Å². The molecule has 2 amide bonds. The van der Waals surface area contributed by atoms with Gasteiger partial charge in [0.25, 0.3) is 11.8 Å². The van der Waals surface area contributed by atoms with Crippen molar-refractivity contribution >= 4 is 39.4 Å². The third kappa shape index (κ3) is 3.02. The maximum Gasteiger partial charge on any atom is 0.270 e. The van der Waals surface area contributed by atoms with Crippen molar-refractivity contribution < 1.29 is 14.3 Å². The van der Waals surface area contributed by atoms with Crippen molar-refractivity contribution in [3.05, 3.63) is 41.1 Å². The molecular weight excluding hydrogens is 316 g/mol. The van der Waals surface area contributed by atoms with Crippen LogP contribution in [0.3, 0.4) is 0 Å². The number of aromatic nitrogens is 1. The van der Waals surface area contributed by atoms with Gasteiger partial charge in [-0.2, -0.15) is 0 Å². The van der Waals surface area contributed by atoms with E-state index in [9.17, 15) is 9.59 Å². The number of carbonyl (C=O) groups is 2. The van der Waals surface area contributed by atoms with Gasteiger partial charge in [0, 0.05) is 12.6 Å². The number of nitrogens with two attached hydrogens (primary N) is 1. The largest absolute Gasteiger partial charge is 0.488 e. The first-order chi connectivity index (χ1) is 11.1. The van der Waals surface area contributed by atoms with Crippen LogP contribution in [0.4, 0.5) is 10.1 Å². The van der Waals surface area contributed by atoms with Crippen molar-refractivity contribution in [1.29, 1.82) is 0 Å².